The molecule has 0 radical (unpaired) electrons. The first kappa shape index (κ1) is 23.6. The molecule has 10 heteroatoms. The molecule has 5 rings (SSSR count). The molecule has 0 N–H and O–H groups in total. The fraction of sp³-hybridized carbons (Fsp3) is 0.480. The fourth-order valence-electron chi connectivity index (χ4n) is 5.03. The summed E-state index contributed by atoms with van der Waals surface area (Å²) in [6.45, 7) is 3.91. The summed E-state index contributed by atoms with van der Waals surface area (Å²) in [6.07, 6.45) is 3.37. The molecule has 0 amide bonds. The highest BCUT2D eigenvalue weighted by Gasteiger charge is 2.27. The van der Waals surface area contributed by atoms with Gasteiger partial charge < -0.3 is 23.3 Å². The van der Waals surface area contributed by atoms with E-state index in [1.807, 2.05) is 37.5 Å². The van der Waals surface area contributed by atoms with E-state index in [-0.39, 0.29) is 18.6 Å². The molecule has 1 aliphatic rings. The Hall–Kier alpha value is -3.11. The number of hydrogen-bond donors (Lipinski definition) is 0. The summed E-state index contributed by atoms with van der Waals surface area (Å²) >= 11 is 0. The number of fused-ring (bicyclic) bond motifs is 3. The third-order valence-corrected chi connectivity index (χ3v) is 6.66. The predicted octanol–water partition coefficient (Wildman–Crippen LogP) is 5.56. The normalized spacial score (nSPS) is 16.0. The van der Waals surface area contributed by atoms with Gasteiger partial charge in [0, 0.05) is 30.1 Å². The Balaban J connectivity index is 1.74. The van der Waals surface area contributed by atoms with Crippen LogP contribution in [-0.4, -0.2) is 53.2 Å². The molecule has 35 heavy (non-hydrogen) atoms. The second-order valence-electron chi connectivity index (χ2n) is 8.93. The van der Waals surface area contributed by atoms with Crippen LogP contribution in [0.15, 0.2) is 22.9 Å². The lowest BCUT2D eigenvalue weighted by atomic mass is 9.99. The summed E-state index contributed by atoms with van der Waals surface area (Å²) in [5.41, 5.74) is 4.70. The van der Waals surface area contributed by atoms with Crippen molar-refractivity contribution in [2.24, 2.45) is 0 Å². The Bertz CT molecular complexity index is 1340. The van der Waals surface area contributed by atoms with Gasteiger partial charge in [-0.25, -0.2) is 4.98 Å². The van der Waals surface area contributed by atoms with Crippen LogP contribution in [0.25, 0.3) is 33.1 Å². The van der Waals surface area contributed by atoms with Crippen LogP contribution in [0.1, 0.15) is 49.0 Å². The molecule has 1 fully saturated rings. The van der Waals surface area contributed by atoms with Crippen molar-refractivity contribution in [1.29, 1.82) is 0 Å². The SMILES string of the molecule is COc1cc2c(cc1-c1c(C)noc1C)ncc1nc(C3CCOCC3)n([C@@H](C)COC(F)F)c12. The van der Waals surface area contributed by atoms with Crippen LogP contribution in [0.5, 0.6) is 5.75 Å². The van der Waals surface area contributed by atoms with Gasteiger partial charge in [-0.15, -0.1) is 0 Å². The van der Waals surface area contributed by atoms with Gasteiger partial charge in [-0.2, -0.15) is 8.78 Å². The average molecular weight is 487 g/mol. The molecule has 1 aliphatic heterocycles. The zero-order chi connectivity index (χ0) is 24.7. The molecule has 0 spiro atoms. The van der Waals surface area contributed by atoms with Gasteiger partial charge in [0.2, 0.25) is 0 Å². The van der Waals surface area contributed by atoms with Crippen LogP contribution in [0, 0.1) is 13.8 Å². The molecule has 3 aromatic heterocycles. The topological polar surface area (TPSA) is 84.4 Å². The van der Waals surface area contributed by atoms with Crippen LogP contribution in [0.4, 0.5) is 8.78 Å². The predicted molar refractivity (Wildman–Crippen MR) is 126 cm³/mol. The molecule has 1 saturated heterocycles. The second kappa shape index (κ2) is 9.50. The first-order valence-corrected chi connectivity index (χ1v) is 11.7. The molecule has 0 bridgehead atoms. The standard InChI is InChI=1S/C25H28F2N4O4/c1-13(12-34-25(26)27)31-23-17-10-21(32-4)18(22-14(2)30-35-15(22)3)9-19(17)28-11-20(23)29-24(31)16-5-7-33-8-6-16/h9-11,13,16,25H,5-8,12H2,1-4H3/t13-/m0/s1. The minimum atomic E-state index is -2.84. The van der Waals surface area contributed by atoms with Gasteiger partial charge in [-0.05, 0) is 45.7 Å². The summed E-state index contributed by atoms with van der Waals surface area (Å²) in [5.74, 6) is 2.32. The van der Waals surface area contributed by atoms with Crippen molar-refractivity contribution in [3.05, 3.63) is 35.6 Å². The Morgan fingerprint density at radius 1 is 1.17 bits per heavy atom. The smallest absolute Gasteiger partial charge is 0.345 e. The number of methoxy groups -OCH3 is 1. The third-order valence-electron chi connectivity index (χ3n) is 6.66. The number of ether oxygens (including phenoxy) is 3. The van der Waals surface area contributed by atoms with Crippen LogP contribution < -0.4 is 4.74 Å². The molecule has 8 nitrogen and oxygen atoms in total. The highest BCUT2D eigenvalue weighted by Crippen LogP contribution is 2.40. The Labute approximate surface area is 201 Å². The van der Waals surface area contributed by atoms with Gasteiger partial charge in [0.25, 0.3) is 0 Å². The van der Waals surface area contributed by atoms with Crippen molar-refractivity contribution < 1.29 is 27.5 Å². The van der Waals surface area contributed by atoms with Crippen molar-refractivity contribution >= 4 is 21.9 Å². The van der Waals surface area contributed by atoms with Gasteiger partial charge in [0.15, 0.2) is 0 Å². The molecule has 0 unspecified atom stereocenters. The second-order valence-corrected chi connectivity index (χ2v) is 8.93. The summed E-state index contributed by atoms with van der Waals surface area (Å²) < 4.78 is 49.2. The van der Waals surface area contributed by atoms with Crippen molar-refractivity contribution in [1.82, 2.24) is 19.7 Å². The molecule has 1 atom stereocenters. The van der Waals surface area contributed by atoms with Gasteiger partial charge in [0.05, 0.1) is 48.2 Å². The number of nitrogens with zero attached hydrogens (tertiary/aromatic N) is 4. The zero-order valence-corrected chi connectivity index (χ0v) is 20.2. The van der Waals surface area contributed by atoms with Crippen LogP contribution in [0.3, 0.4) is 0 Å². The first-order chi connectivity index (χ1) is 16.9. The summed E-state index contributed by atoms with van der Waals surface area (Å²) in [6, 6.07) is 3.51. The Kier molecular flexibility index (Phi) is 6.41. The highest BCUT2D eigenvalue weighted by atomic mass is 19.3. The van der Waals surface area contributed by atoms with E-state index in [1.165, 1.54) is 0 Å². The quantitative estimate of drug-likeness (QED) is 0.338. The maximum absolute atomic E-state index is 12.9. The molecular formula is C25H28F2N4O4. The van der Waals surface area contributed by atoms with Crippen molar-refractivity contribution in [3.63, 3.8) is 0 Å². The summed E-state index contributed by atoms with van der Waals surface area (Å²) in [5, 5.41) is 4.90. The van der Waals surface area contributed by atoms with Gasteiger partial charge in [-0.3, -0.25) is 4.98 Å². The minimum absolute atomic E-state index is 0.141. The molecule has 0 saturated carbocycles. The third kappa shape index (κ3) is 4.25. The largest absolute Gasteiger partial charge is 0.496 e. The van der Waals surface area contributed by atoms with Crippen LogP contribution in [0.2, 0.25) is 0 Å². The lowest BCUT2D eigenvalue weighted by molar-refractivity contribution is -0.135. The number of benzene rings is 1. The molecule has 4 heterocycles. The number of aromatic nitrogens is 4. The molecular weight excluding hydrogens is 458 g/mol. The van der Waals surface area contributed by atoms with Gasteiger partial charge >= 0.3 is 6.61 Å². The molecule has 0 aliphatic carbocycles. The van der Waals surface area contributed by atoms with E-state index in [2.05, 4.69) is 10.1 Å². The van der Waals surface area contributed by atoms with E-state index in [4.69, 9.17) is 23.7 Å². The molecule has 4 aromatic rings. The summed E-state index contributed by atoms with van der Waals surface area (Å²) in [7, 11) is 1.61. The van der Waals surface area contributed by atoms with Crippen molar-refractivity contribution in [2.45, 2.75) is 52.2 Å². The number of aryl methyl sites for hydroxylation is 2. The van der Waals surface area contributed by atoms with E-state index < -0.39 is 6.61 Å². The summed E-state index contributed by atoms with van der Waals surface area (Å²) in [4.78, 5) is 9.62. The number of rotatable bonds is 7. The van der Waals surface area contributed by atoms with E-state index in [9.17, 15) is 8.78 Å². The van der Waals surface area contributed by atoms with E-state index in [0.717, 1.165) is 51.9 Å². The lowest BCUT2D eigenvalue weighted by Crippen LogP contribution is -2.22. The lowest BCUT2D eigenvalue weighted by Gasteiger charge is -2.25. The number of imidazole rings is 1. The highest BCUT2D eigenvalue weighted by molar-refractivity contribution is 6.05. The number of halogens is 2. The minimum Gasteiger partial charge on any atom is -0.496 e. The van der Waals surface area contributed by atoms with Crippen LogP contribution in [-0.2, 0) is 9.47 Å². The van der Waals surface area contributed by atoms with Crippen molar-refractivity contribution in [2.75, 3.05) is 26.9 Å². The van der Waals surface area contributed by atoms with E-state index in [0.29, 0.717) is 30.2 Å². The first-order valence-electron chi connectivity index (χ1n) is 11.7. The number of hydrogen-bond acceptors (Lipinski definition) is 7. The Morgan fingerprint density at radius 3 is 2.60 bits per heavy atom. The number of pyridine rings is 1. The monoisotopic (exact) mass is 486 g/mol. The van der Waals surface area contributed by atoms with E-state index >= 15 is 0 Å². The maximum atomic E-state index is 12.9. The zero-order valence-electron chi connectivity index (χ0n) is 20.2. The van der Waals surface area contributed by atoms with Crippen LogP contribution >= 0.6 is 0 Å². The fourth-order valence-corrected chi connectivity index (χ4v) is 5.03. The molecule has 186 valence electrons. The average Bonchev–Trinajstić information content (AvgIpc) is 3.42. The van der Waals surface area contributed by atoms with E-state index in [1.54, 1.807) is 13.3 Å². The maximum Gasteiger partial charge on any atom is 0.345 e. The van der Waals surface area contributed by atoms with Gasteiger partial charge in [0.1, 0.15) is 22.9 Å². The molecule has 1 aromatic carbocycles. The van der Waals surface area contributed by atoms with Crippen molar-refractivity contribution in [3.8, 4) is 16.9 Å². The Morgan fingerprint density at radius 2 is 1.94 bits per heavy atom. The number of alkyl halides is 2. The van der Waals surface area contributed by atoms with Gasteiger partial charge in [-0.1, -0.05) is 5.16 Å².